The first-order valence-electron chi connectivity index (χ1n) is 12.4. The van der Waals surface area contributed by atoms with Crippen LogP contribution in [0.25, 0.3) is 0 Å². The van der Waals surface area contributed by atoms with Crippen LogP contribution in [0.2, 0.25) is 0 Å². The Balaban J connectivity index is 1.20. The van der Waals surface area contributed by atoms with Crippen LogP contribution in [0, 0.1) is 0 Å². The molecule has 3 aliphatic heterocycles. The topological polar surface area (TPSA) is 93.3 Å². The number of hydrogen-bond acceptors (Lipinski definition) is 6. The zero-order valence-electron chi connectivity index (χ0n) is 20.7. The predicted octanol–water partition coefficient (Wildman–Crippen LogP) is 1.47. The van der Waals surface area contributed by atoms with Gasteiger partial charge >= 0.3 is 0 Å². The second-order valence-electron chi connectivity index (χ2n) is 9.66. The summed E-state index contributed by atoms with van der Waals surface area (Å²) in [7, 11) is 3.12. The molecular formula is C27H31N5O4. The lowest BCUT2D eigenvalue weighted by molar-refractivity contribution is -0.150. The molecule has 0 spiro atoms. The van der Waals surface area contributed by atoms with Crippen molar-refractivity contribution in [3.05, 3.63) is 64.7 Å². The molecule has 9 nitrogen and oxygen atoms in total. The smallest absolute Gasteiger partial charge is 0.255 e. The number of piperidine rings is 1. The summed E-state index contributed by atoms with van der Waals surface area (Å²) in [5.74, 6) is -0.707. The van der Waals surface area contributed by atoms with Gasteiger partial charge in [-0.05, 0) is 47.9 Å². The molecule has 0 aliphatic carbocycles. The molecule has 2 saturated heterocycles. The summed E-state index contributed by atoms with van der Waals surface area (Å²) in [6.07, 6.45) is 0.659. The number of benzene rings is 2. The molecule has 3 heterocycles. The fourth-order valence-corrected chi connectivity index (χ4v) is 5.29. The van der Waals surface area contributed by atoms with Crippen molar-refractivity contribution >= 4 is 29.3 Å². The second-order valence-corrected chi connectivity index (χ2v) is 9.66. The highest BCUT2D eigenvalue weighted by Crippen LogP contribution is 2.31. The summed E-state index contributed by atoms with van der Waals surface area (Å²) in [5, 5.41) is 2.64. The number of fused-ring (bicyclic) bond motifs is 1. The number of piperazine rings is 1. The van der Waals surface area contributed by atoms with Crippen LogP contribution in [0.1, 0.15) is 44.7 Å². The molecular weight excluding hydrogens is 458 g/mol. The molecule has 0 bridgehead atoms. The molecule has 0 saturated carbocycles. The summed E-state index contributed by atoms with van der Waals surface area (Å²) in [6.45, 7) is 4.81. The minimum atomic E-state index is -0.579. The van der Waals surface area contributed by atoms with E-state index < -0.39 is 6.04 Å². The molecule has 5 rings (SSSR count). The summed E-state index contributed by atoms with van der Waals surface area (Å²) >= 11 is 0. The van der Waals surface area contributed by atoms with E-state index in [1.54, 1.807) is 11.9 Å². The Kier molecular flexibility index (Phi) is 6.49. The minimum absolute atomic E-state index is 0.0814. The molecule has 2 aromatic carbocycles. The number of anilines is 1. The molecule has 0 radical (unpaired) electrons. The standard InChI is InChI=1S/C27H31N5O4/c1-28-25(34)19-5-3-18(4-6-19)16-30-11-13-31(14-12-30)21-7-8-22-20(15-21)17-32(26(22)35)23-9-10-24(33)29(2)27(23)36/h3-8,15,23H,9-14,16-17H2,1-2H3,(H,28,34). The third-order valence-corrected chi connectivity index (χ3v) is 7.51. The van der Waals surface area contributed by atoms with Gasteiger partial charge in [0.2, 0.25) is 5.91 Å². The molecule has 1 N–H and O–H groups in total. The van der Waals surface area contributed by atoms with Crippen LogP contribution in [0.3, 0.4) is 0 Å². The highest BCUT2D eigenvalue weighted by atomic mass is 16.2. The number of imide groups is 1. The van der Waals surface area contributed by atoms with Crippen LogP contribution in [-0.2, 0) is 22.7 Å². The Labute approximate surface area is 210 Å². The average Bonchev–Trinajstić information content (AvgIpc) is 3.23. The zero-order chi connectivity index (χ0) is 25.4. The highest BCUT2D eigenvalue weighted by molar-refractivity contribution is 6.05. The van der Waals surface area contributed by atoms with Crippen molar-refractivity contribution in [2.75, 3.05) is 45.2 Å². The van der Waals surface area contributed by atoms with E-state index in [-0.39, 0.29) is 30.0 Å². The summed E-state index contributed by atoms with van der Waals surface area (Å²) in [5.41, 5.74) is 4.50. The molecule has 3 aliphatic rings. The van der Waals surface area contributed by atoms with E-state index in [4.69, 9.17) is 0 Å². The molecule has 2 aromatic rings. The lowest BCUT2D eigenvalue weighted by atomic mass is 10.0. The normalized spacial score (nSPS) is 20.7. The fourth-order valence-electron chi connectivity index (χ4n) is 5.29. The summed E-state index contributed by atoms with van der Waals surface area (Å²) in [6, 6.07) is 13.1. The third kappa shape index (κ3) is 4.46. The molecule has 2 fully saturated rings. The number of amides is 4. The molecule has 36 heavy (non-hydrogen) atoms. The van der Waals surface area contributed by atoms with E-state index in [2.05, 4.69) is 21.2 Å². The minimum Gasteiger partial charge on any atom is -0.369 e. The Hall–Kier alpha value is -3.72. The first-order chi connectivity index (χ1) is 17.4. The molecule has 1 unspecified atom stereocenters. The van der Waals surface area contributed by atoms with Gasteiger partial charge in [0.15, 0.2) is 0 Å². The molecule has 0 aromatic heterocycles. The van der Waals surface area contributed by atoms with Gasteiger partial charge in [0.1, 0.15) is 6.04 Å². The Bertz CT molecular complexity index is 1200. The Morgan fingerprint density at radius 2 is 1.72 bits per heavy atom. The van der Waals surface area contributed by atoms with E-state index in [1.807, 2.05) is 36.4 Å². The summed E-state index contributed by atoms with van der Waals surface area (Å²) in [4.78, 5) is 56.7. The van der Waals surface area contributed by atoms with Gasteiger partial charge in [0, 0.05) is 76.6 Å². The van der Waals surface area contributed by atoms with Gasteiger partial charge in [0.05, 0.1) is 0 Å². The molecule has 1 atom stereocenters. The largest absolute Gasteiger partial charge is 0.369 e. The Morgan fingerprint density at radius 3 is 2.42 bits per heavy atom. The van der Waals surface area contributed by atoms with Crippen LogP contribution < -0.4 is 10.2 Å². The van der Waals surface area contributed by atoms with Crippen molar-refractivity contribution in [3.8, 4) is 0 Å². The van der Waals surface area contributed by atoms with Gasteiger partial charge in [0.25, 0.3) is 17.7 Å². The van der Waals surface area contributed by atoms with Crippen LogP contribution >= 0.6 is 0 Å². The lowest BCUT2D eigenvalue weighted by Gasteiger charge is -2.36. The van der Waals surface area contributed by atoms with Crippen LogP contribution in [0.5, 0.6) is 0 Å². The maximum absolute atomic E-state index is 13.0. The van der Waals surface area contributed by atoms with Crippen molar-refractivity contribution in [2.45, 2.75) is 32.0 Å². The van der Waals surface area contributed by atoms with Gasteiger partial charge in [-0.15, -0.1) is 0 Å². The van der Waals surface area contributed by atoms with Gasteiger partial charge in [-0.1, -0.05) is 12.1 Å². The number of likely N-dealkylation sites (N-methyl/N-ethyl adjacent to an activating group) is 1. The molecule has 188 valence electrons. The van der Waals surface area contributed by atoms with Crippen LogP contribution in [0.4, 0.5) is 5.69 Å². The lowest BCUT2D eigenvalue weighted by Crippen LogP contribution is -2.53. The van der Waals surface area contributed by atoms with E-state index in [0.717, 1.165) is 48.9 Å². The van der Waals surface area contributed by atoms with Crippen molar-refractivity contribution in [1.29, 1.82) is 0 Å². The number of nitrogens with zero attached hydrogens (tertiary/aromatic N) is 4. The number of rotatable bonds is 5. The summed E-state index contributed by atoms with van der Waals surface area (Å²) < 4.78 is 0. The monoisotopic (exact) mass is 489 g/mol. The number of likely N-dealkylation sites (tertiary alicyclic amines) is 1. The predicted molar refractivity (Wildman–Crippen MR) is 134 cm³/mol. The van der Waals surface area contributed by atoms with E-state index >= 15 is 0 Å². The number of carbonyl (C=O) groups is 4. The SMILES string of the molecule is CNC(=O)c1ccc(CN2CCN(c3ccc4c(c3)CN(C3CCC(=O)N(C)C3=O)C4=O)CC2)cc1. The van der Waals surface area contributed by atoms with E-state index in [0.29, 0.717) is 24.1 Å². The molecule has 9 heteroatoms. The first kappa shape index (κ1) is 24.0. The van der Waals surface area contributed by atoms with Crippen molar-refractivity contribution in [1.82, 2.24) is 20.0 Å². The van der Waals surface area contributed by atoms with Gasteiger partial charge in [-0.2, -0.15) is 0 Å². The van der Waals surface area contributed by atoms with E-state index in [1.165, 1.54) is 12.6 Å². The van der Waals surface area contributed by atoms with Gasteiger partial charge in [-0.25, -0.2) is 0 Å². The fraction of sp³-hybridized carbons (Fsp3) is 0.407. The second kappa shape index (κ2) is 9.73. The highest BCUT2D eigenvalue weighted by Gasteiger charge is 2.41. The first-order valence-corrected chi connectivity index (χ1v) is 12.4. The zero-order valence-corrected chi connectivity index (χ0v) is 20.7. The number of nitrogens with one attached hydrogen (secondary N) is 1. The van der Waals surface area contributed by atoms with Crippen molar-refractivity contribution in [2.24, 2.45) is 0 Å². The third-order valence-electron chi connectivity index (χ3n) is 7.51. The van der Waals surface area contributed by atoms with Crippen LogP contribution in [-0.4, -0.2) is 84.6 Å². The maximum atomic E-state index is 13.0. The quantitative estimate of drug-likeness (QED) is 0.640. The van der Waals surface area contributed by atoms with Gasteiger partial charge < -0.3 is 15.1 Å². The average molecular weight is 490 g/mol. The van der Waals surface area contributed by atoms with Crippen molar-refractivity contribution in [3.63, 3.8) is 0 Å². The number of carbonyl (C=O) groups excluding carboxylic acids is 4. The number of hydrogen-bond donors (Lipinski definition) is 1. The van der Waals surface area contributed by atoms with Gasteiger partial charge in [-0.3, -0.25) is 29.0 Å². The van der Waals surface area contributed by atoms with E-state index in [9.17, 15) is 19.2 Å². The maximum Gasteiger partial charge on any atom is 0.255 e. The molecule has 4 amide bonds. The Morgan fingerprint density at radius 1 is 1.00 bits per heavy atom. The van der Waals surface area contributed by atoms with Crippen LogP contribution in [0.15, 0.2) is 42.5 Å². The van der Waals surface area contributed by atoms with Crippen molar-refractivity contribution < 1.29 is 19.2 Å².